The molecule has 2 heterocycles. The van der Waals surface area contributed by atoms with Crippen molar-refractivity contribution < 1.29 is 4.74 Å². The fourth-order valence-corrected chi connectivity index (χ4v) is 3.91. The van der Waals surface area contributed by atoms with Crippen LogP contribution in [-0.4, -0.2) is 28.2 Å². The fourth-order valence-electron chi connectivity index (χ4n) is 3.91. The molecule has 6 nitrogen and oxygen atoms in total. The van der Waals surface area contributed by atoms with Gasteiger partial charge in [0.25, 0.3) is 5.56 Å². The van der Waals surface area contributed by atoms with E-state index in [1.54, 1.807) is 11.7 Å². The minimum Gasteiger partial charge on any atom is -0.495 e. The van der Waals surface area contributed by atoms with Crippen LogP contribution in [0.15, 0.2) is 59.4 Å². The second kappa shape index (κ2) is 8.09. The average molecular weight is 390 g/mol. The molecular weight excluding hydrogens is 364 g/mol. The van der Waals surface area contributed by atoms with Crippen molar-refractivity contribution in [2.45, 2.75) is 33.5 Å². The summed E-state index contributed by atoms with van der Waals surface area (Å²) in [6, 6.07) is 18.2. The van der Waals surface area contributed by atoms with Crippen molar-refractivity contribution in [2.75, 3.05) is 18.7 Å². The summed E-state index contributed by atoms with van der Waals surface area (Å²) < 4.78 is 7.38. The number of nitrogens with zero attached hydrogens (tertiary/aromatic N) is 4. The van der Waals surface area contributed by atoms with Crippen molar-refractivity contribution in [1.82, 2.24) is 14.5 Å². The van der Waals surface area contributed by atoms with Crippen LogP contribution in [0.3, 0.4) is 0 Å². The van der Waals surface area contributed by atoms with E-state index in [4.69, 9.17) is 9.72 Å². The highest BCUT2D eigenvalue weighted by molar-refractivity contribution is 5.66. The molecule has 6 heteroatoms. The number of anilines is 2. The third-order valence-electron chi connectivity index (χ3n) is 5.35. The van der Waals surface area contributed by atoms with Crippen LogP contribution in [0.2, 0.25) is 0 Å². The molecule has 0 saturated heterocycles. The predicted octanol–water partition coefficient (Wildman–Crippen LogP) is 3.69. The van der Waals surface area contributed by atoms with Crippen molar-refractivity contribution in [2.24, 2.45) is 0 Å². The molecule has 1 aliphatic rings. The highest BCUT2D eigenvalue weighted by Gasteiger charge is 2.29. The molecule has 0 spiro atoms. The first-order valence-corrected chi connectivity index (χ1v) is 9.89. The Morgan fingerprint density at radius 3 is 2.48 bits per heavy atom. The smallest absolute Gasteiger partial charge is 0.259 e. The van der Waals surface area contributed by atoms with Gasteiger partial charge in [-0.1, -0.05) is 49.4 Å². The number of hydrogen-bond acceptors (Lipinski definition) is 5. The number of ether oxygens (including phenoxy) is 1. The standard InChI is InChI=1S/C23H26N4O2/c1-4-19-17(2)24-23-26(20-12-8-9-13-21(20)29-3)15-25(16-27(23)22(19)28)14-18-10-6-5-7-11-18/h5-13H,4,14-16H2,1-3H3. The fraction of sp³-hybridized carbons (Fsp3) is 0.304. The second-order valence-corrected chi connectivity index (χ2v) is 7.26. The van der Waals surface area contributed by atoms with Gasteiger partial charge in [0.15, 0.2) is 0 Å². The molecule has 0 N–H and O–H groups in total. The first-order valence-electron chi connectivity index (χ1n) is 9.89. The van der Waals surface area contributed by atoms with Crippen LogP contribution in [0, 0.1) is 6.92 Å². The summed E-state index contributed by atoms with van der Waals surface area (Å²) in [6.45, 7) is 5.79. The molecule has 1 aromatic heterocycles. The van der Waals surface area contributed by atoms with Gasteiger partial charge in [-0.2, -0.15) is 0 Å². The van der Waals surface area contributed by atoms with Gasteiger partial charge in [0.1, 0.15) is 5.75 Å². The van der Waals surface area contributed by atoms with E-state index in [9.17, 15) is 4.79 Å². The number of para-hydroxylation sites is 2. The lowest BCUT2D eigenvalue weighted by Crippen LogP contribution is -2.47. The van der Waals surface area contributed by atoms with Crippen molar-refractivity contribution in [3.05, 3.63) is 81.8 Å². The summed E-state index contributed by atoms with van der Waals surface area (Å²) in [6.07, 6.45) is 0.672. The van der Waals surface area contributed by atoms with Crippen LogP contribution in [-0.2, 0) is 19.6 Å². The molecule has 3 aromatic rings. The number of fused-ring (bicyclic) bond motifs is 1. The summed E-state index contributed by atoms with van der Waals surface area (Å²) in [5.74, 6) is 1.42. The maximum absolute atomic E-state index is 13.2. The summed E-state index contributed by atoms with van der Waals surface area (Å²) >= 11 is 0. The van der Waals surface area contributed by atoms with Gasteiger partial charge < -0.3 is 4.74 Å². The monoisotopic (exact) mass is 390 g/mol. The molecule has 0 amide bonds. The van der Waals surface area contributed by atoms with Gasteiger partial charge >= 0.3 is 0 Å². The number of aromatic nitrogens is 2. The zero-order valence-corrected chi connectivity index (χ0v) is 17.1. The predicted molar refractivity (Wildman–Crippen MR) is 115 cm³/mol. The summed E-state index contributed by atoms with van der Waals surface area (Å²) in [7, 11) is 1.66. The Labute approximate surface area is 171 Å². The van der Waals surface area contributed by atoms with E-state index in [0.717, 1.165) is 29.2 Å². The van der Waals surface area contributed by atoms with E-state index in [0.29, 0.717) is 25.7 Å². The molecule has 0 fully saturated rings. The SMILES string of the molecule is CCc1c(C)nc2n(c1=O)CN(Cc1ccccc1)CN2c1ccccc1OC. The Morgan fingerprint density at radius 1 is 1.03 bits per heavy atom. The van der Waals surface area contributed by atoms with E-state index in [1.807, 2.05) is 56.3 Å². The molecule has 0 radical (unpaired) electrons. The zero-order chi connectivity index (χ0) is 20.4. The number of methoxy groups -OCH3 is 1. The molecular formula is C23H26N4O2. The molecule has 0 saturated carbocycles. The van der Waals surface area contributed by atoms with Crippen LogP contribution in [0.25, 0.3) is 0 Å². The Morgan fingerprint density at radius 2 is 1.76 bits per heavy atom. The van der Waals surface area contributed by atoms with Gasteiger partial charge in [0, 0.05) is 17.8 Å². The lowest BCUT2D eigenvalue weighted by atomic mass is 10.2. The number of rotatable bonds is 5. The van der Waals surface area contributed by atoms with E-state index in [2.05, 4.69) is 21.9 Å². The quantitative estimate of drug-likeness (QED) is 0.665. The molecule has 0 atom stereocenters. The topological polar surface area (TPSA) is 50.6 Å². The number of aryl methyl sites for hydroxylation is 1. The van der Waals surface area contributed by atoms with E-state index >= 15 is 0 Å². The largest absolute Gasteiger partial charge is 0.495 e. The molecule has 0 aliphatic carbocycles. The average Bonchev–Trinajstić information content (AvgIpc) is 2.75. The minimum atomic E-state index is 0.0349. The maximum Gasteiger partial charge on any atom is 0.259 e. The summed E-state index contributed by atoms with van der Waals surface area (Å²) in [5.41, 5.74) is 3.71. The first kappa shape index (κ1) is 19.2. The third-order valence-corrected chi connectivity index (χ3v) is 5.35. The number of benzene rings is 2. The molecule has 29 heavy (non-hydrogen) atoms. The Hall–Kier alpha value is -3.12. The molecule has 1 aliphatic heterocycles. The highest BCUT2D eigenvalue weighted by Crippen LogP contribution is 2.34. The molecule has 4 rings (SSSR count). The van der Waals surface area contributed by atoms with Crippen molar-refractivity contribution in [1.29, 1.82) is 0 Å². The number of hydrogen-bond donors (Lipinski definition) is 0. The van der Waals surface area contributed by atoms with Crippen LogP contribution < -0.4 is 15.2 Å². The van der Waals surface area contributed by atoms with Gasteiger partial charge in [-0.25, -0.2) is 4.98 Å². The normalized spacial score (nSPS) is 14.0. The van der Waals surface area contributed by atoms with Crippen LogP contribution in [0.1, 0.15) is 23.7 Å². The molecule has 2 aromatic carbocycles. The van der Waals surface area contributed by atoms with Gasteiger partial charge in [-0.05, 0) is 31.0 Å². The van der Waals surface area contributed by atoms with Crippen LogP contribution in [0.5, 0.6) is 5.75 Å². The molecule has 0 unspecified atom stereocenters. The Bertz CT molecular complexity index is 1060. The lowest BCUT2D eigenvalue weighted by molar-refractivity contribution is 0.189. The maximum atomic E-state index is 13.2. The lowest BCUT2D eigenvalue weighted by Gasteiger charge is -2.38. The highest BCUT2D eigenvalue weighted by atomic mass is 16.5. The van der Waals surface area contributed by atoms with Crippen molar-refractivity contribution >= 4 is 11.6 Å². The van der Waals surface area contributed by atoms with E-state index < -0.39 is 0 Å². The summed E-state index contributed by atoms with van der Waals surface area (Å²) in [5, 5.41) is 0. The summed E-state index contributed by atoms with van der Waals surface area (Å²) in [4.78, 5) is 22.4. The van der Waals surface area contributed by atoms with Crippen LogP contribution >= 0.6 is 0 Å². The van der Waals surface area contributed by atoms with E-state index in [1.165, 1.54) is 5.56 Å². The van der Waals surface area contributed by atoms with Gasteiger partial charge in [0.05, 0.1) is 26.1 Å². The van der Waals surface area contributed by atoms with E-state index in [-0.39, 0.29) is 5.56 Å². The Kier molecular flexibility index (Phi) is 5.36. The van der Waals surface area contributed by atoms with Crippen molar-refractivity contribution in [3.63, 3.8) is 0 Å². The Balaban J connectivity index is 1.83. The zero-order valence-electron chi connectivity index (χ0n) is 17.1. The molecule has 150 valence electrons. The van der Waals surface area contributed by atoms with Crippen molar-refractivity contribution in [3.8, 4) is 5.75 Å². The third kappa shape index (κ3) is 3.63. The van der Waals surface area contributed by atoms with Gasteiger partial charge in [-0.15, -0.1) is 0 Å². The first-order chi connectivity index (χ1) is 14.1. The van der Waals surface area contributed by atoms with Crippen LogP contribution in [0.4, 0.5) is 11.6 Å². The van der Waals surface area contributed by atoms with Gasteiger partial charge in [-0.3, -0.25) is 19.2 Å². The van der Waals surface area contributed by atoms with Gasteiger partial charge in [0.2, 0.25) is 5.95 Å². The minimum absolute atomic E-state index is 0.0349. The molecule has 0 bridgehead atoms. The second-order valence-electron chi connectivity index (χ2n) is 7.26.